The Labute approximate surface area is 192 Å². The lowest BCUT2D eigenvalue weighted by molar-refractivity contribution is -0.142. The van der Waals surface area contributed by atoms with Crippen LogP contribution in [0.2, 0.25) is 0 Å². The highest BCUT2D eigenvalue weighted by molar-refractivity contribution is 6.00. The van der Waals surface area contributed by atoms with Gasteiger partial charge in [0.2, 0.25) is 11.8 Å². The number of carbonyl (C=O) groups excluding carboxylic acids is 3. The summed E-state index contributed by atoms with van der Waals surface area (Å²) in [7, 11) is 0. The number of carboxylic acids is 1. The SMILES string of the molecule is O=C1CC(C(=O)O)N(C(=O)c2cc(NC(=O)OCC3c4ccccc4-c4ccccc43)on2)N1. The fraction of sp³-hybridized carbons (Fsp3) is 0.174. The zero-order valence-corrected chi connectivity index (χ0v) is 17.6. The average Bonchev–Trinajstić information content (AvgIpc) is 3.53. The van der Waals surface area contributed by atoms with Crippen LogP contribution in [0.4, 0.5) is 10.7 Å². The molecule has 2 aliphatic rings. The molecule has 2 aromatic carbocycles. The highest BCUT2D eigenvalue weighted by atomic mass is 16.6. The van der Waals surface area contributed by atoms with E-state index < -0.39 is 29.9 Å². The lowest BCUT2D eigenvalue weighted by atomic mass is 9.98. The smallest absolute Gasteiger partial charge is 0.414 e. The van der Waals surface area contributed by atoms with Crippen LogP contribution in [-0.2, 0) is 14.3 Å². The Kier molecular flexibility index (Phi) is 5.21. The Bertz CT molecular complexity index is 1270. The van der Waals surface area contributed by atoms with Gasteiger partial charge in [-0.25, -0.2) is 14.6 Å². The summed E-state index contributed by atoms with van der Waals surface area (Å²) in [4.78, 5) is 47.7. The molecule has 11 heteroatoms. The van der Waals surface area contributed by atoms with Crippen molar-refractivity contribution in [2.45, 2.75) is 18.4 Å². The number of amides is 3. The van der Waals surface area contributed by atoms with Crippen LogP contribution in [-0.4, -0.2) is 51.8 Å². The van der Waals surface area contributed by atoms with Gasteiger partial charge < -0.3 is 14.4 Å². The Balaban J connectivity index is 1.23. The number of carboxylic acid groups (broad SMARTS) is 1. The number of nitrogens with one attached hydrogen (secondary N) is 2. The fourth-order valence-electron chi connectivity index (χ4n) is 4.21. The third-order valence-electron chi connectivity index (χ3n) is 5.74. The molecule has 1 aliphatic carbocycles. The van der Waals surface area contributed by atoms with Crippen LogP contribution in [0.1, 0.15) is 34.0 Å². The standard InChI is InChI=1S/C23H18N4O7/c28-19-10-18(22(30)31)27(25-19)21(29)17-9-20(34-26-17)24-23(32)33-11-16-14-7-3-1-5-12(14)13-6-2-4-8-15(13)16/h1-9,16,18H,10-11H2,(H,24,32)(H,25,28)(H,30,31). The number of hydrogen-bond donors (Lipinski definition) is 3. The van der Waals surface area contributed by atoms with Gasteiger partial charge in [-0.15, -0.1) is 0 Å². The normalized spacial score (nSPS) is 16.5. The summed E-state index contributed by atoms with van der Waals surface area (Å²) >= 11 is 0. The predicted octanol–water partition coefficient (Wildman–Crippen LogP) is 2.37. The van der Waals surface area contributed by atoms with Crippen molar-refractivity contribution in [1.29, 1.82) is 0 Å². The van der Waals surface area contributed by atoms with E-state index in [4.69, 9.17) is 9.26 Å². The Morgan fingerprint density at radius 2 is 1.76 bits per heavy atom. The van der Waals surface area contributed by atoms with Crippen molar-refractivity contribution in [2.75, 3.05) is 11.9 Å². The second-order valence-corrected chi connectivity index (χ2v) is 7.80. The van der Waals surface area contributed by atoms with Gasteiger partial charge in [0, 0.05) is 12.0 Å². The molecule has 3 N–H and O–H groups in total. The summed E-state index contributed by atoms with van der Waals surface area (Å²) in [5.74, 6) is -3.13. The van der Waals surface area contributed by atoms with Crippen molar-refractivity contribution in [1.82, 2.24) is 15.6 Å². The van der Waals surface area contributed by atoms with Gasteiger partial charge >= 0.3 is 12.1 Å². The molecule has 0 saturated carbocycles. The first-order valence-corrected chi connectivity index (χ1v) is 10.4. The van der Waals surface area contributed by atoms with Gasteiger partial charge in [0.1, 0.15) is 6.61 Å². The third kappa shape index (κ3) is 3.72. The van der Waals surface area contributed by atoms with E-state index in [0.717, 1.165) is 28.3 Å². The van der Waals surface area contributed by atoms with E-state index in [-0.39, 0.29) is 30.5 Å². The number of ether oxygens (including phenoxy) is 1. The Morgan fingerprint density at radius 1 is 1.12 bits per heavy atom. The van der Waals surface area contributed by atoms with Gasteiger partial charge in [0.25, 0.3) is 5.91 Å². The molecule has 3 amide bonds. The van der Waals surface area contributed by atoms with E-state index in [0.29, 0.717) is 5.01 Å². The van der Waals surface area contributed by atoms with Gasteiger partial charge in [0.15, 0.2) is 11.7 Å². The number of hydrogen-bond acceptors (Lipinski definition) is 7. The summed E-state index contributed by atoms with van der Waals surface area (Å²) in [6.45, 7) is 0.0832. The van der Waals surface area contributed by atoms with Crippen LogP contribution < -0.4 is 10.7 Å². The van der Waals surface area contributed by atoms with Gasteiger partial charge in [-0.1, -0.05) is 53.7 Å². The van der Waals surface area contributed by atoms with Crippen LogP contribution in [0.15, 0.2) is 59.1 Å². The zero-order chi connectivity index (χ0) is 23.8. The topological polar surface area (TPSA) is 151 Å². The van der Waals surface area contributed by atoms with Crippen molar-refractivity contribution in [3.05, 3.63) is 71.4 Å². The molecule has 1 unspecified atom stereocenters. The largest absolute Gasteiger partial charge is 0.480 e. The quantitative estimate of drug-likeness (QED) is 0.523. The fourth-order valence-corrected chi connectivity index (χ4v) is 4.21. The number of hydrazine groups is 1. The van der Waals surface area contributed by atoms with E-state index in [9.17, 15) is 24.3 Å². The summed E-state index contributed by atoms with van der Waals surface area (Å²) in [5.41, 5.74) is 6.19. The van der Waals surface area contributed by atoms with Crippen molar-refractivity contribution < 1.29 is 33.5 Å². The molecule has 1 atom stereocenters. The molecule has 0 radical (unpaired) electrons. The van der Waals surface area contributed by atoms with Crippen molar-refractivity contribution in [3.8, 4) is 11.1 Å². The van der Waals surface area contributed by atoms with E-state index >= 15 is 0 Å². The van der Waals surface area contributed by atoms with E-state index in [2.05, 4.69) is 15.9 Å². The second kappa shape index (κ2) is 8.35. The minimum Gasteiger partial charge on any atom is -0.480 e. The number of nitrogens with zero attached hydrogens (tertiary/aromatic N) is 2. The van der Waals surface area contributed by atoms with Crippen molar-refractivity contribution >= 4 is 29.8 Å². The summed E-state index contributed by atoms with van der Waals surface area (Å²) < 4.78 is 10.4. The molecule has 172 valence electrons. The Morgan fingerprint density at radius 3 is 2.41 bits per heavy atom. The number of anilines is 1. The number of carbonyl (C=O) groups is 4. The van der Waals surface area contributed by atoms with Gasteiger partial charge in [0.05, 0.1) is 6.42 Å². The van der Waals surface area contributed by atoms with Crippen molar-refractivity contribution in [3.63, 3.8) is 0 Å². The first kappa shape index (κ1) is 21.2. The summed E-state index contributed by atoms with van der Waals surface area (Å²) in [6.07, 6.45) is -1.18. The maximum Gasteiger partial charge on any atom is 0.414 e. The molecule has 1 aromatic heterocycles. The second-order valence-electron chi connectivity index (χ2n) is 7.80. The number of rotatable bonds is 5. The highest BCUT2D eigenvalue weighted by Gasteiger charge is 2.40. The van der Waals surface area contributed by atoms with E-state index in [1.807, 2.05) is 48.5 Å². The van der Waals surface area contributed by atoms with Crippen LogP contribution in [0, 0.1) is 0 Å². The first-order valence-electron chi connectivity index (χ1n) is 10.4. The molecule has 1 aliphatic heterocycles. The molecule has 1 saturated heterocycles. The summed E-state index contributed by atoms with van der Waals surface area (Å²) in [5, 5.41) is 15.8. The van der Waals surface area contributed by atoms with E-state index in [1.54, 1.807) is 0 Å². The number of benzene rings is 2. The Hall–Kier alpha value is -4.67. The van der Waals surface area contributed by atoms with E-state index in [1.165, 1.54) is 0 Å². The predicted molar refractivity (Wildman–Crippen MR) is 116 cm³/mol. The van der Waals surface area contributed by atoms with Crippen LogP contribution in [0.25, 0.3) is 11.1 Å². The molecule has 11 nitrogen and oxygen atoms in total. The molecule has 2 heterocycles. The number of aromatic nitrogens is 1. The monoisotopic (exact) mass is 462 g/mol. The lowest BCUT2D eigenvalue weighted by Gasteiger charge is -2.18. The lowest BCUT2D eigenvalue weighted by Crippen LogP contribution is -2.46. The van der Waals surface area contributed by atoms with Gasteiger partial charge in [-0.3, -0.25) is 20.3 Å². The highest BCUT2D eigenvalue weighted by Crippen LogP contribution is 2.44. The van der Waals surface area contributed by atoms with Crippen LogP contribution >= 0.6 is 0 Å². The van der Waals surface area contributed by atoms with Gasteiger partial charge in [-0.05, 0) is 22.3 Å². The van der Waals surface area contributed by atoms with Crippen LogP contribution in [0.3, 0.4) is 0 Å². The maximum atomic E-state index is 12.5. The number of fused-ring (bicyclic) bond motifs is 3. The molecule has 34 heavy (non-hydrogen) atoms. The summed E-state index contributed by atoms with van der Waals surface area (Å²) in [6, 6.07) is 15.6. The maximum absolute atomic E-state index is 12.5. The minimum atomic E-state index is -1.37. The zero-order valence-electron chi connectivity index (χ0n) is 17.6. The molecular weight excluding hydrogens is 444 g/mol. The van der Waals surface area contributed by atoms with Crippen LogP contribution in [0.5, 0.6) is 0 Å². The van der Waals surface area contributed by atoms with Gasteiger partial charge in [-0.2, -0.15) is 0 Å². The molecule has 0 bridgehead atoms. The molecule has 1 fully saturated rings. The molecular formula is C23H18N4O7. The minimum absolute atomic E-state index is 0.0832. The first-order chi connectivity index (χ1) is 16.4. The molecule has 5 rings (SSSR count). The third-order valence-corrected chi connectivity index (χ3v) is 5.74. The average molecular weight is 462 g/mol. The van der Waals surface area contributed by atoms with Crippen molar-refractivity contribution in [2.24, 2.45) is 0 Å². The number of aliphatic carboxylic acids is 1. The molecule has 3 aromatic rings. The molecule has 0 spiro atoms.